The topological polar surface area (TPSA) is 57.6 Å². The van der Waals surface area contributed by atoms with Gasteiger partial charge >= 0.3 is 0 Å². The first kappa shape index (κ1) is 16.4. The van der Waals surface area contributed by atoms with E-state index in [4.69, 9.17) is 28.4 Å². The van der Waals surface area contributed by atoms with Crippen molar-refractivity contribution in [3.63, 3.8) is 0 Å². The predicted molar refractivity (Wildman–Crippen MR) is 74.0 cm³/mol. The van der Waals surface area contributed by atoms with Crippen molar-refractivity contribution in [2.75, 3.05) is 25.1 Å². The number of hydrogen-bond donors (Lipinski definition) is 1. The van der Waals surface area contributed by atoms with Gasteiger partial charge in [0.25, 0.3) is 10.1 Å². The molecule has 0 aromatic rings. The third-order valence-electron chi connectivity index (χ3n) is 1.65. The Morgan fingerprint density at radius 3 is 2.62 bits per heavy atom. The lowest BCUT2D eigenvalue weighted by Crippen LogP contribution is -2.25. The van der Waals surface area contributed by atoms with Crippen LogP contribution in [0.5, 0.6) is 0 Å². The van der Waals surface area contributed by atoms with Crippen LogP contribution in [-0.4, -0.2) is 52.7 Å². The van der Waals surface area contributed by atoms with Gasteiger partial charge in [0.15, 0.2) is 0 Å². The van der Waals surface area contributed by atoms with Gasteiger partial charge in [-0.15, -0.1) is 11.6 Å². The summed E-state index contributed by atoms with van der Waals surface area (Å²) in [5.41, 5.74) is 0. The quantitative estimate of drug-likeness (QED) is 0.459. The van der Waals surface area contributed by atoms with Gasteiger partial charge in [0.2, 0.25) is 0 Å². The lowest BCUT2D eigenvalue weighted by atomic mass is 10.5. The van der Waals surface area contributed by atoms with Gasteiger partial charge < -0.3 is 4.90 Å². The summed E-state index contributed by atoms with van der Waals surface area (Å²) in [6, 6.07) is 0. The molecule has 0 aromatic carbocycles. The fraction of sp³-hybridized carbons (Fsp3) is 0.875. The van der Waals surface area contributed by atoms with Gasteiger partial charge in [-0.05, 0) is 6.42 Å². The number of thiocarbonyl (C=S) groups is 1. The van der Waals surface area contributed by atoms with Crippen molar-refractivity contribution in [1.29, 1.82) is 0 Å². The average molecular weight is 306 g/mol. The van der Waals surface area contributed by atoms with Gasteiger partial charge in [-0.2, -0.15) is 8.42 Å². The second kappa shape index (κ2) is 7.71. The Morgan fingerprint density at radius 2 is 2.19 bits per heavy atom. The van der Waals surface area contributed by atoms with Crippen LogP contribution in [0.15, 0.2) is 0 Å². The molecule has 0 aliphatic heterocycles. The fourth-order valence-electron chi connectivity index (χ4n) is 0.975. The van der Waals surface area contributed by atoms with E-state index < -0.39 is 21.2 Å². The number of nitrogens with zero attached hydrogens (tertiary/aromatic N) is 1. The van der Waals surface area contributed by atoms with Crippen molar-refractivity contribution in [1.82, 2.24) is 4.90 Å². The summed E-state index contributed by atoms with van der Waals surface area (Å²) < 4.78 is 30.3. The van der Waals surface area contributed by atoms with Crippen molar-refractivity contribution < 1.29 is 13.0 Å². The maximum Gasteiger partial charge on any atom is 0.266 e. The van der Waals surface area contributed by atoms with Crippen LogP contribution >= 0.6 is 35.6 Å². The van der Waals surface area contributed by atoms with Crippen LogP contribution in [0.25, 0.3) is 0 Å². The molecule has 1 N–H and O–H groups in total. The summed E-state index contributed by atoms with van der Waals surface area (Å²) in [5.74, 6) is -0.0735. The average Bonchev–Trinajstić information content (AvgIpc) is 2.11. The van der Waals surface area contributed by atoms with Crippen LogP contribution in [0.2, 0.25) is 0 Å². The zero-order valence-corrected chi connectivity index (χ0v) is 12.4. The molecule has 4 nitrogen and oxygen atoms in total. The van der Waals surface area contributed by atoms with E-state index in [1.54, 1.807) is 0 Å². The Bertz CT molecular complexity index is 320. The van der Waals surface area contributed by atoms with Gasteiger partial charge in [0.1, 0.15) is 4.32 Å². The number of hydrogen-bond acceptors (Lipinski definition) is 4. The molecule has 0 heterocycles. The molecule has 0 aromatic heterocycles. The standard InChI is InChI=1S/C8H16ClNO3S3/c1-3-4-10(2)8(14)15-5-7(9)6-16(11,12)13/h7H,3-6H2,1-2H3,(H,11,12,13). The van der Waals surface area contributed by atoms with Gasteiger partial charge in [-0.25, -0.2) is 0 Å². The van der Waals surface area contributed by atoms with E-state index in [2.05, 4.69) is 0 Å². The monoisotopic (exact) mass is 305 g/mol. The molecule has 0 rings (SSSR count). The molecule has 1 atom stereocenters. The number of rotatable bonds is 6. The Morgan fingerprint density at radius 1 is 1.62 bits per heavy atom. The van der Waals surface area contributed by atoms with E-state index in [1.165, 1.54) is 11.8 Å². The van der Waals surface area contributed by atoms with Crippen LogP contribution < -0.4 is 0 Å². The molecule has 0 saturated heterocycles. The number of thioether (sulfide) groups is 1. The van der Waals surface area contributed by atoms with Crippen LogP contribution in [0.3, 0.4) is 0 Å². The Balaban J connectivity index is 3.92. The molecule has 0 radical (unpaired) electrons. The molecule has 0 fully saturated rings. The molecule has 0 saturated carbocycles. The van der Waals surface area contributed by atoms with Crippen molar-refractivity contribution in [2.45, 2.75) is 18.7 Å². The summed E-state index contributed by atoms with van der Waals surface area (Å²) in [5, 5.41) is -0.632. The summed E-state index contributed by atoms with van der Waals surface area (Å²) >= 11 is 12.2. The first-order chi connectivity index (χ1) is 7.26. The lowest BCUT2D eigenvalue weighted by Gasteiger charge is -2.19. The van der Waals surface area contributed by atoms with Crippen molar-refractivity contribution >= 4 is 50.0 Å². The smallest absolute Gasteiger partial charge is 0.266 e. The highest BCUT2D eigenvalue weighted by Crippen LogP contribution is 2.14. The predicted octanol–water partition coefficient (Wildman–Crippen LogP) is 1.84. The van der Waals surface area contributed by atoms with Crippen LogP contribution in [0.1, 0.15) is 13.3 Å². The summed E-state index contributed by atoms with van der Waals surface area (Å²) in [4.78, 5) is 1.91. The minimum atomic E-state index is -4.00. The summed E-state index contributed by atoms with van der Waals surface area (Å²) in [6.07, 6.45) is 0.993. The number of halogens is 1. The molecule has 0 bridgehead atoms. The Kier molecular flexibility index (Phi) is 7.92. The molecule has 0 aliphatic carbocycles. The highest BCUT2D eigenvalue weighted by molar-refractivity contribution is 8.23. The van der Waals surface area contributed by atoms with Crippen LogP contribution in [-0.2, 0) is 10.1 Å². The first-order valence-corrected chi connectivity index (χ1v) is 8.17. The molecule has 0 spiro atoms. The molecule has 96 valence electrons. The zero-order chi connectivity index (χ0) is 12.8. The van der Waals surface area contributed by atoms with Crippen molar-refractivity contribution in [3.8, 4) is 0 Å². The summed E-state index contributed by atoms with van der Waals surface area (Å²) in [6.45, 7) is 2.91. The highest BCUT2D eigenvalue weighted by atomic mass is 35.5. The van der Waals surface area contributed by atoms with Gasteiger partial charge in [-0.3, -0.25) is 4.55 Å². The summed E-state index contributed by atoms with van der Waals surface area (Å²) in [7, 11) is -2.12. The maximum absolute atomic E-state index is 10.5. The molecule has 1 unspecified atom stereocenters. The third-order valence-corrected chi connectivity index (χ3v) is 4.94. The largest absolute Gasteiger partial charge is 0.361 e. The van der Waals surface area contributed by atoms with E-state index in [0.717, 1.165) is 13.0 Å². The zero-order valence-electron chi connectivity index (χ0n) is 9.22. The normalized spacial score (nSPS) is 13.5. The van der Waals surface area contributed by atoms with Gasteiger partial charge in [-0.1, -0.05) is 30.9 Å². The van der Waals surface area contributed by atoms with Crippen molar-refractivity contribution in [2.24, 2.45) is 0 Å². The van der Waals surface area contributed by atoms with E-state index in [-0.39, 0.29) is 0 Å². The molecule has 8 heteroatoms. The SMILES string of the molecule is CCCN(C)C(=S)SCC(Cl)CS(=O)(=O)O. The van der Waals surface area contributed by atoms with E-state index >= 15 is 0 Å². The lowest BCUT2D eigenvalue weighted by molar-refractivity contribution is 0.482. The minimum Gasteiger partial charge on any atom is -0.361 e. The molecular weight excluding hydrogens is 290 g/mol. The van der Waals surface area contributed by atoms with E-state index in [9.17, 15) is 8.42 Å². The first-order valence-electron chi connectivity index (χ1n) is 4.73. The Hall–Kier alpha value is 0.440. The van der Waals surface area contributed by atoms with Crippen LogP contribution in [0.4, 0.5) is 0 Å². The molecule has 0 aliphatic rings. The Labute approximate surface area is 111 Å². The van der Waals surface area contributed by atoms with Crippen LogP contribution in [0, 0.1) is 0 Å². The molecule has 16 heavy (non-hydrogen) atoms. The highest BCUT2D eigenvalue weighted by Gasteiger charge is 2.15. The molecule has 0 amide bonds. The van der Waals surface area contributed by atoms with E-state index in [1.807, 2.05) is 18.9 Å². The minimum absolute atomic E-state index is 0.369. The van der Waals surface area contributed by atoms with Gasteiger partial charge in [0.05, 0.1) is 11.1 Å². The number of alkyl halides is 1. The van der Waals surface area contributed by atoms with Gasteiger partial charge in [0, 0.05) is 19.3 Å². The second-order valence-corrected chi connectivity index (χ2v) is 7.11. The maximum atomic E-state index is 10.5. The van der Waals surface area contributed by atoms with Crippen molar-refractivity contribution in [3.05, 3.63) is 0 Å². The fourth-order valence-corrected chi connectivity index (χ4v) is 3.41. The molecular formula is C8H16ClNO3S3. The second-order valence-electron chi connectivity index (χ2n) is 3.34. The van der Waals surface area contributed by atoms with E-state index in [0.29, 0.717) is 10.1 Å². The third kappa shape index (κ3) is 8.58.